The Kier molecular flexibility index (Phi) is 5.99. The summed E-state index contributed by atoms with van der Waals surface area (Å²) in [7, 11) is 2.14. The third-order valence-corrected chi connectivity index (χ3v) is 7.69. The number of hydrogen-bond donors (Lipinski definition) is 1. The molecule has 1 saturated heterocycles. The van der Waals surface area contributed by atoms with Crippen LogP contribution in [-0.2, 0) is 21.9 Å². The summed E-state index contributed by atoms with van der Waals surface area (Å²) in [5.41, 5.74) is 0.838. The second kappa shape index (κ2) is 8.09. The van der Waals surface area contributed by atoms with Crippen LogP contribution in [0.5, 0.6) is 0 Å². The van der Waals surface area contributed by atoms with Gasteiger partial charge in [0, 0.05) is 26.2 Å². The molecule has 0 spiro atoms. The number of aryl methyl sites for hydroxylation is 1. The first-order valence-corrected chi connectivity index (χ1v) is 11.1. The maximum Gasteiger partial charge on any atom is 0.250 e. The Hall–Kier alpha value is -1.75. The van der Waals surface area contributed by atoms with E-state index >= 15 is 0 Å². The predicted molar refractivity (Wildman–Crippen MR) is 104 cm³/mol. The molecule has 148 valence electrons. The van der Waals surface area contributed by atoms with E-state index in [1.165, 1.54) is 11.3 Å². The minimum atomic E-state index is -3.48. The summed E-state index contributed by atoms with van der Waals surface area (Å²) in [5.74, 6) is 0.0168. The molecule has 1 amide bonds. The van der Waals surface area contributed by atoms with Gasteiger partial charge in [0.1, 0.15) is 10.3 Å². The van der Waals surface area contributed by atoms with Crippen LogP contribution in [0.3, 0.4) is 0 Å². The number of nitrogens with zero attached hydrogens (tertiary/aromatic N) is 4. The van der Waals surface area contributed by atoms with Crippen molar-refractivity contribution in [2.75, 3.05) is 27.2 Å². The van der Waals surface area contributed by atoms with Gasteiger partial charge < -0.3 is 9.47 Å². The van der Waals surface area contributed by atoms with Gasteiger partial charge in [0.15, 0.2) is 0 Å². The van der Waals surface area contributed by atoms with Gasteiger partial charge in [-0.15, -0.1) is 11.3 Å². The standard InChI is InChI=1S/C17H25N5O3S2/c1-20(2)16(14-11-18-12-21(14)3)17(23)22-8-6-13(7-9-22)19-27(24,25)15-5-4-10-26-15/h4-5,10-13,16,19H,6-9H2,1-3H3. The quantitative estimate of drug-likeness (QED) is 0.768. The molecule has 0 aliphatic carbocycles. The van der Waals surface area contributed by atoms with Crippen molar-refractivity contribution < 1.29 is 13.2 Å². The van der Waals surface area contributed by atoms with E-state index in [-0.39, 0.29) is 11.9 Å². The van der Waals surface area contributed by atoms with Gasteiger partial charge in [-0.2, -0.15) is 0 Å². The van der Waals surface area contributed by atoms with Crippen LogP contribution in [-0.4, -0.2) is 66.9 Å². The second-order valence-corrected chi connectivity index (χ2v) is 9.84. The summed E-state index contributed by atoms with van der Waals surface area (Å²) >= 11 is 1.20. The molecule has 0 radical (unpaired) electrons. The highest BCUT2D eigenvalue weighted by Crippen LogP contribution is 2.24. The van der Waals surface area contributed by atoms with Crippen molar-refractivity contribution >= 4 is 27.3 Å². The SMILES string of the molecule is CN(C)C(C(=O)N1CCC(NS(=O)(=O)c2cccs2)CC1)c1cncn1C. The van der Waals surface area contributed by atoms with E-state index in [1.54, 1.807) is 30.0 Å². The van der Waals surface area contributed by atoms with E-state index < -0.39 is 16.1 Å². The first kappa shape index (κ1) is 20.0. The Bertz CT molecular complexity index is 868. The molecule has 8 nitrogen and oxygen atoms in total. The zero-order valence-corrected chi connectivity index (χ0v) is 17.3. The third kappa shape index (κ3) is 4.40. The molecule has 1 aliphatic heterocycles. The molecule has 2 aromatic heterocycles. The number of nitrogens with one attached hydrogen (secondary N) is 1. The topological polar surface area (TPSA) is 87.5 Å². The lowest BCUT2D eigenvalue weighted by molar-refractivity contribution is -0.137. The monoisotopic (exact) mass is 411 g/mol. The lowest BCUT2D eigenvalue weighted by Gasteiger charge is -2.36. The molecule has 1 fully saturated rings. The number of sulfonamides is 1. The fraction of sp³-hybridized carbons (Fsp3) is 0.529. The number of amides is 1. The minimum Gasteiger partial charge on any atom is -0.341 e. The number of carbonyl (C=O) groups excluding carboxylic acids is 1. The molecule has 0 saturated carbocycles. The highest BCUT2D eigenvalue weighted by atomic mass is 32.2. The van der Waals surface area contributed by atoms with E-state index in [0.717, 1.165) is 5.69 Å². The van der Waals surface area contributed by atoms with Crippen LogP contribution in [0.4, 0.5) is 0 Å². The summed E-state index contributed by atoms with van der Waals surface area (Å²) in [6.07, 6.45) is 4.60. The number of rotatable bonds is 6. The van der Waals surface area contributed by atoms with Crippen LogP contribution in [0.2, 0.25) is 0 Å². The van der Waals surface area contributed by atoms with Gasteiger partial charge in [-0.25, -0.2) is 18.1 Å². The van der Waals surface area contributed by atoms with Crippen molar-refractivity contribution in [2.24, 2.45) is 7.05 Å². The number of likely N-dealkylation sites (tertiary alicyclic amines) is 1. The largest absolute Gasteiger partial charge is 0.341 e. The van der Waals surface area contributed by atoms with Crippen molar-refractivity contribution in [1.82, 2.24) is 24.1 Å². The van der Waals surface area contributed by atoms with Crippen LogP contribution in [0.25, 0.3) is 0 Å². The van der Waals surface area contributed by atoms with E-state index in [0.29, 0.717) is 30.1 Å². The van der Waals surface area contributed by atoms with Gasteiger partial charge in [0.2, 0.25) is 15.9 Å². The Balaban J connectivity index is 1.63. The number of imidazole rings is 1. The van der Waals surface area contributed by atoms with Gasteiger partial charge in [-0.3, -0.25) is 9.69 Å². The summed E-state index contributed by atoms with van der Waals surface area (Å²) in [6, 6.07) is 2.76. The minimum absolute atomic E-state index is 0.0168. The molecule has 1 aliphatic rings. The maximum absolute atomic E-state index is 13.1. The van der Waals surface area contributed by atoms with Crippen molar-refractivity contribution in [2.45, 2.75) is 29.1 Å². The van der Waals surface area contributed by atoms with Crippen LogP contribution in [0.1, 0.15) is 24.6 Å². The molecule has 3 rings (SSSR count). The highest BCUT2D eigenvalue weighted by Gasteiger charge is 2.33. The molecule has 3 heterocycles. The Morgan fingerprint density at radius 2 is 2.07 bits per heavy atom. The molecule has 27 heavy (non-hydrogen) atoms. The second-order valence-electron chi connectivity index (χ2n) is 6.95. The maximum atomic E-state index is 13.1. The molecular weight excluding hydrogens is 386 g/mol. The van der Waals surface area contributed by atoms with Crippen molar-refractivity contribution in [1.29, 1.82) is 0 Å². The fourth-order valence-corrected chi connectivity index (χ4v) is 5.64. The third-order valence-electron chi connectivity index (χ3n) is 4.77. The lowest BCUT2D eigenvalue weighted by Crippen LogP contribution is -2.49. The normalized spacial score (nSPS) is 17.4. The zero-order chi connectivity index (χ0) is 19.6. The molecular formula is C17H25N5O3S2. The summed E-state index contributed by atoms with van der Waals surface area (Å²) in [5, 5.41) is 1.75. The van der Waals surface area contributed by atoms with Gasteiger partial charge in [0.25, 0.3) is 0 Å². The van der Waals surface area contributed by atoms with E-state index in [1.807, 2.05) is 35.5 Å². The predicted octanol–water partition coefficient (Wildman–Crippen LogP) is 1.05. The summed E-state index contributed by atoms with van der Waals surface area (Å²) < 4.78 is 29.7. The Morgan fingerprint density at radius 3 is 2.59 bits per heavy atom. The molecule has 0 bridgehead atoms. The van der Waals surface area contributed by atoms with Crippen molar-refractivity contribution in [3.63, 3.8) is 0 Å². The first-order valence-electron chi connectivity index (χ1n) is 8.77. The summed E-state index contributed by atoms with van der Waals surface area (Å²) in [4.78, 5) is 20.9. The lowest BCUT2D eigenvalue weighted by atomic mass is 10.0. The molecule has 10 heteroatoms. The van der Waals surface area contributed by atoms with Crippen molar-refractivity contribution in [3.8, 4) is 0 Å². The Labute approximate surface area is 163 Å². The number of likely N-dealkylation sites (N-methyl/N-ethyl adjacent to an activating group) is 1. The molecule has 1 N–H and O–H groups in total. The number of aromatic nitrogens is 2. The Morgan fingerprint density at radius 1 is 1.37 bits per heavy atom. The zero-order valence-electron chi connectivity index (χ0n) is 15.7. The van der Waals surface area contributed by atoms with E-state index in [2.05, 4.69) is 9.71 Å². The molecule has 1 atom stereocenters. The number of hydrogen-bond acceptors (Lipinski definition) is 6. The van der Waals surface area contributed by atoms with Crippen LogP contribution < -0.4 is 4.72 Å². The first-order chi connectivity index (χ1) is 12.8. The average Bonchev–Trinajstić information content (AvgIpc) is 3.28. The van der Waals surface area contributed by atoms with Crippen LogP contribution in [0, 0.1) is 0 Å². The number of thiophene rings is 1. The van der Waals surface area contributed by atoms with Crippen LogP contribution >= 0.6 is 11.3 Å². The molecule has 2 aromatic rings. The van der Waals surface area contributed by atoms with Gasteiger partial charge in [-0.1, -0.05) is 6.07 Å². The number of carbonyl (C=O) groups is 1. The fourth-order valence-electron chi connectivity index (χ4n) is 3.33. The smallest absolute Gasteiger partial charge is 0.250 e. The molecule has 1 unspecified atom stereocenters. The van der Waals surface area contributed by atoms with Gasteiger partial charge in [0.05, 0.1) is 18.2 Å². The van der Waals surface area contributed by atoms with Gasteiger partial charge >= 0.3 is 0 Å². The van der Waals surface area contributed by atoms with E-state index in [4.69, 9.17) is 0 Å². The van der Waals surface area contributed by atoms with Gasteiger partial charge in [-0.05, 0) is 38.4 Å². The molecule has 0 aromatic carbocycles. The average molecular weight is 412 g/mol. The van der Waals surface area contributed by atoms with Crippen LogP contribution in [0.15, 0.2) is 34.2 Å². The van der Waals surface area contributed by atoms with Crippen molar-refractivity contribution in [3.05, 3.63) is 35.7 Å². The summed E-state index contributed by atoms with van der Waals surface area (Å²) in [6.45, 7) is 1.05. The highest BCUT2D eigenvalue weighted by molar-refractivity contribution is 7.91. The number of piperidine rings is 1. The van der Waals surface area contributed by atoms with E-state index in [9.17, 15) is 13.2 Å².